The van der Waals surface area contributed by atoms with Gasteiger partial charge in [0.15, 0.2) is 0 Å². The molecular formula is C14H15BrN2O. The topological polar surface area (TPSA) is 48.1 Å². The summed E-state index contributed by atoms with van der Waals surface area (Å²) in [6.07, 6.45) is 0.851. The number of hydrogen-bond donors (Lipinski definition) is 1. The van der Waals surface area contributed by atoms with Crippen LogP contribution in [0.15, 0.2) is 10.5 Å². The minimum Gasteiger partial charge on any atom is -0.398 e. The molecule has 0 aliphatic carbocycles. The molecule has 0 unspecified atom stereocenters. The molecule has 0 atom stereocenters. The normalized spacial score (nSPS) is 14.8. The molecule has 4 heteroatoms. The number of aromatic nitrogens is 1. The summed E-state index contributed by atoms with van der Waals surface area (Å²) in [5.74, 6) is 0. The molecule has 1 aromatic heterocycles. The summed E-state index contributed by atoms with van der Waals surface area (Å²) in [5.41, 5.74) is 12.6. The van der Waals surface area contributed by atoms with Crippen LogP contribution in [-0.4, -0.2) is 11.6 Å². The van der Waals surface area contributed by atoms with Crippen LogP contribution >= 0.6 is 15.9 Å². The number of benzene rings is 1. The van der Waals surface area contributed by atoms with Crippen LogP contribution in [0.1, 0.15) is 22.4 Å². The van der Waals surface area contributed by atoms with Gasteiger partial charge in [0.05, 0.1) is 24.4 Å². The Morgan fingerprint density at radius 1 is 1.39 bits per heavy atom. The molecule has 1 aromatic carbocycles. The van der Waals surface area contributed by atoms with E-state index < -0.39 is 0 Å². The molecule has 0 radical (unpaired) electrons. The number of halogens is 1. The van der Waals surface area contributed by atoms with Gasteiger partial charge in [0, 0.05) is 27.5 Å². The predicted octanol–water partition coefficient (Wildman–Crippen LogP) is 3.27. The van der Waals surface area contributed by atoms with Gasteiger partial charge in [-0.05, 0) is 31.0 Å². The standard InChI is InChI=1S/C14H15BrN2O/c1-7-5-11-12(8(2)13(7)15)14(16)9-6-18-4-3-10(9)17-11/h5H,3-4,6H2,1-2H3,(H2,16,17). The van der Waals surface area contributed by atoms with Crippen LogP contribution in [0.5, 0.6) is 0 Å². The van der Waals surface area contributed by atoms with E-state index in [0.717, 1.165) is 50.9 Å². The highest BCUT2D eigenvalue weighted by Crippen LogP contribution is 2.35. The molecule has 0 spiro atoms. The second kappa shape index (κ2) is 4.21. The van der Waals surface area contributed by atoms with Gasteiger partial charge in [0.2, 0.25) is 0 Å². The van der Waals surface area contributed by atoms with E-state index in [1.165, 1.54) is 5.56 Å². The Morgan fingerprint density at radius 2 is 2.17 bits per heavy atom. The second-order valence-electron chi connectivity index (χ2n) is 4.78. The number of pyridine rings is 1. The van der Waals surface area contributed by atoms with Gasteiger partial charge >= 0.3 is 0 Å². The number of anilines is 1. The molecular weight excluding hydrogens is 292 g/mol. The Labute approximate surface area is 114 Å². The van der Waals surface area contributed by atoms with Crippen LogP contribution in [0.2, 0.25) is 0 Å². The first kappa shape index (κ1) is 11.9. The zero-order valence-corrected chi connectivity index (χ0v) is 12.1. The quantitative estimate of drug-likeness (QED) is 0.812. The molecule has 0 amide bonds. The Bertz CT molecular complexity index is 652. The maximum absolute atomic E-state index is 6.32. The second-order valence-corrected chi connectivity index (χ2v) is 5.57. The summed E-state index contributed by atoms with van der Waals surface area (Å²) < 4.78 is 6.60. The van der Waals surface area contributed by atoms with Crippen LogP contribution in [0, 0.1) is 13.8 Å². The largest absolute Gasteiger partial charge is 0.398 e. The summed E-state index contributed by atoms with van der Waals surface area (Å²) in [6, 6.07) is 2.10. The molecule has 1 aliphatic rings. The van der Waals surface area contributed by atoms with Gasteiger partial charge in [0.25, 0.3) is 0 Å². The van der Waals surface area contributed by atoms with Gasteiger partial charge in [0.1, 0.15) is 0 Å². The monoisotopic (exact) mass is 306 g/mol. The number of hydrogen-bond acceptors (Lipinski definition) is 3. The molecule has 18 heavy (non-hydrogen) atoms. The summed E-state index contributed by atoms with van der Waals surface area (Å²) in [5, 5.41) is 1.05. The summed E-state index contributed by atoms with van der Waals surface area (Å²) in [6.45, 7) is 5.47. The number of ether oxygens (including phenoxy) is 1. The van der Waals surface area contributed by atoms with Crippen molar-refractivity contribution in [2.75, 3.05) is 12.3 Å². The van der Waals surface area contributed by atoms with Crippen LogP contribution in [0.4, 0.5) is 5.69 Å². The van der Waals surface area contributed by atoms with Crippen molar-refractivity contribution in [3.63, 3.8) is 0 Å². The molecule has 2 aromatic rings. The third-order valence-corrected chi connectivity index (χ3v) is 4.81. The van der Waals surface area contributed by atoms with E-state index >= 15 is 0 Å². The first-order chi connectivity index (χ1) is 8.59. The summed E-state index contributed by atoms with van der Waals surface area (Å²) in [7, 11) is 0. The fraction of sp³-hybridized carbons (Fsp3) is 0.357. The van der Waals surface area contributed by atoms with E-state index in [-0.39, 0.29) is 0 Å². The minimum atomic E-state index is 0.578. The van der Waals surface area contributed by atoms with E-state index in [1.54, 1.807) is 0 Å². The number of nitrogens with two attached hydrogens (primary N) is 1. The molecule has 0 saturated heterocycles. The highest BCUT2D eigenvalue weighted by molar-refractivity contribution is 9.10. The van der Waals surface area contributed by atoms with Crippen molar-refractivity contribution in [3.8, 4) is 0 Å². The van der Waals surface area contributed by atoms with Gasteiger partial charge in [-0.15, -0.1) is 0 Å². The van der Waals surface area contributed by atoms with Crippen LogP contribution in [0.25, 0.3) is 10.9 Å². The average molecular weight is 307 g/mol. The third-order valence-electron chi connectivity index (χ3n) is 3.59. The lowest BCUT2D eigenvalue weighted by Gasteiger charge is -2.20. The lowest BCUT2D eigenvalue weighted by atomic mass is 9.99. The van der Waals surface area contributed by atoms with Crippen LogP contribution in [-0.2, 0) is 17.8 Å². The van der Waals surface area contributed by atoms with Gasteiger partial charge < -0.3 is 10.5 Å². The van der Waals surface area contributed by atoms with Crippen molar-refractivity contribution in [2.45, 2.75) is 26.9 Å². The molecule has 0 bridgehead atoms. The summed E-state index contributed by atoms with van der Waals surface area (Å²) >= 11 is 3.62. The molecule has 3 rings (SSSR count). The van der Waals surface area contributed by atoms with E-state index in [0.29, 0.717) is 6.61 Å². The maximum atomic E-state index is 6.32. The number of fused-ring (bicyclic) bond motifs is 2. The van der Waals surface area contributed by atoms with Crippen LogP contribution < -0.4 is 5.73 Å². The third kappa shape index (κ3) is 1.63. The molecule has 1 aliphatic heterocycles. The fourth-order valence-electron chi connectivity index (χ4n) is 2.60. The van der Waals surface area contributed by atoms with Crippen LogP contribution in [0.3, 0.4) is 0 Å². The summed E-state index contributed by atoms with van der Waals surface area (Å²) in [4.78, 5) is 4.76. The first-order valence-corrected chi connectivity index (χ1v) is 6.83. The zero-order chi connectivity index (χ0) is 12.9. The number of nitrogens with zero attached hydrogens (tertiary/aromatic N) is 1. The van der Waals surface area contributed by atoms with Crippen molar-refractivity contribution < 1.29 is 4.74 Å². The SMILES string of the molecule is Cc1cc2nc3c(c(N)c2c(C)c1Br)COCC3. The van der Waals surface area contributed by atoms with E-state index in [4.69, 9.17) is 15.5 Å². The smallest absolute Gasteiger partial charge is 0.0755 e. The maximum Gasteiger partial charge on any atom is 0.0755 e. The van der Waals surface area contributed by atoms with Crippen molar-refractivity contribution in [1.29, 1.82) is 0 Å². The molecule has 94 valence electrons. The zero-order valence-electron chi connectivity index (χ0n) is 10.5. The van der Waals surface area contributed by atoms with Crippen molar-refractivity contribution in [3.05, 3.63) is 32.9 Å². The Hall–Kier alpha value is -1.13. The molecule has 2 heterocycles. The number of nitrogen functional groups attached to an aromatic ring is 1. The van der Waals surface area contributed by atoms with Crippen molar-refractivity contribution >= 4 is 32.5 Å². The van der Waals surface area contributed by atoms with E-state index in [2.05, 4.69) is 35.8 Å². The van der Waals surface area contributed by atoms with Gasteiger partial charge in [-0.3, -0.25) is 4.98 Å². The highest BCUT2D eigenvalue weighted by Gasteiger charge is 2.19. The molecule has 0 fully saturated rings. The van der Waals surface area contributed by atoms with Crippen molar-refractivity contribution in [2.24, 2.45) is 0 Å². The predicted molar refractivity (Wildman–Crippen MR) is 76.7 cm³/mol. The minimum absolute atomic E-state index is 0.578. The Morgan fingerprint density at radius 3 is 2.94 bits per heavy atom. The Balaban J connectivity index is 2.43. The van der Waals surface area contributed by atoms with E-state index in [1.807, 2.05) is 0 Å². The van der Waals surface area contributed by atoms with Crippen molar-refractivity contribution in [1.82, 2.24) is 4.98 Å². The molecule has 3 nitrogen and oxygen atoms in total. The number of aryl methyl sites for hydroxylation is 2. The average Bonchev–Trinajstić information content (AvgIpc) is 2.36. The van der Waals surface area contributed by atoms with E-state index in [9.17, 15) is 0 Å². The lowest BCUT2D eigenvalue weighted by Crippen LogP contribution is -2.14. The molecule has 0 saturated carbocycles. The highest BCUT2D eigenvalue weighted by atomic mass is 79.9. The first-order valence-electron chi connectivity index (χ1n) is 6.04. The Kier molecular flexibility index (Phi) is 2.79. The van der Waals surface area contributed by atoms with Gasteiger partial charge in [-0.1, -0.05) is 15.9 Å². The van der Waals surface area contributed by atoms with Gasteiger partial charge in [-0.25, -0.2) is 0 Å². The lowest BCUT2D eigenvalue weighted by molar-refractivity contribution is 0.110. The fourth-order valence-corrected chi connectivity index (χ4v) is 2.91. The van der Waals surface area contributed by atoms with Gasteiger partial charge in [-0.2, -0.15) is 0 Å². The number of rotatable bonds is 0. The molecule has 2 N–H and O–H groups in total.